The fourth-order valence-corrected chi connectivity index (χ4v) is 4.82. The largest absolute Gasteiger partial charge is 0.480 e. The number of nitrogens with zero attached hydrogens (tertiary/aromatic N) is 1. The summed E-state index contributed by atoms with van der Waals surface area (Å²) in [6.45, 7) is 4.78. The molecule has 0 saturated heterocycles. The first kappa shape index (κ1) is 16.0. The molecule has 2 rings (SSSR count). The van der Waals surface area contributed by atoms with Crippen molar-refractivity contribution in [2.75, 3.05) is 0 Å². The Labute approximate surface area is 123 Å². The van der Waals surface area contributed by atoms with Gasteiger partial charge < -0.3 is 9.63 Å². The van der Waals surface area contributed by atoms with E-state index in [1.165, 1.54) is 13.8 Å². The molecule has 0 spiro atoms. The van der Waals surface area contributed by atoms with Crippen molar-refractivity contribution in [3.05, 3.63) is 11.5 Å². The van der Waals surface area contributed by atoms with E-state index in [4.69, 9.17) is 4.52 Å². The van der Waals surface area contributed by atoms with Crippen molar-refractivity contribution in [3.63, 3.8) is 0 Å². The normalized spacial score (nSPS) is 26.7. The molecule has 118 valence electrons. The second kappa shape index (κ2) is 5.42. The first-order valence-electron chi connectivity index (χ1n) is 6.91. The number of rotatable bonds is 4. The predicted octanol–water partition coefficient (Wildman–Crippen LogP) is 1.60. The highest BCUT2D eigenvalue weighted by Crippen LogP contribution is 2.35. The van der Waals surface area contributed by atoms with Crippen LogP contribution in [0.5, 0.6) is 0 Å². The summed E-state index contributed by atoms with van der Waals surface area (Å²) in [5, 5.41) is 13.2. The van der Waals surface area contributed by atoms with Crippen molar-refractivity contribution in [1.29, 1.82) is 0 Å². The number of carboxylic acids is 1. The monoisotopic (exact) mass is 316 g/mol. The molecule has 1 aromatic heterocycles. The van der Waals surface area contributed by atoms with Crippen LogP contribution in [0.15, 0.2) is 9.42 Å². The van der Waals surface area contributed by atoms with E-state index in [2.05, 4.69) is 9.88 Å². The number of aryl methyl sites for hydroxylation is 2. The molecule has 8 heteroatoms. The maximum Gasteiger partial charge on any atom is 0.325 e. The highest BCUT2D eigenvalue weighted by Gasteiger charge is 2.48. The molecule has 2 N–H and O–H groups in total. The third-order valence-electron chi connectivity index (χ3n) is 4.23. The van der Waals surface area contributed by atoms with E-state index in [-0.39, 0.29) is 28.7 Å². The minimum atomic E-state index is -4.00. The zero-order chi connectivity index (χ0) is 15.8. The Morgan fingerprint density at radius 3 is 2.57 bits per heavy atom. The first-order valence-corrected chi connectivity index (χ1v) is 8.39. The summed E-state index contributed by atoms with van der Waals surface area (Å²) >= 11 is 0. The van der Waals surface area contributed by atoms with E-state index in [9.17, 15) is 18.3 Å². The van der Waals surface area contributed by atoms with Crippen LogP contribution in [0.1, 0.15) is 44.1 Å². The Balaban J connectivity index is 2.44. The number of hydrogen-bond donors (Lipinski definition) is 2. The van der Waals surface area contributed by atoms with Gasteiger partial charge in [-0.3, -0.25) is 4.79 Å². The molecule has 1 aromatic rings. The Kier molecular flexibility index (Phi) is 4.12. The highest BCUT2D eigenvalue weighted by molar-refractivity contribution is 7.89. The van der Waals surface area contributed by atoms with Crippen molar-refractivity contribution >= 4 is 16.0 Å². The molecule has 1 fully saturated rings. The lowest BCUT2D eigenvalue weighted by Gasteiger charge is -2.39. The van der Waals surface area contributed by atoms with Gasteiger partial charge in [0.1, 0.15) is 16.1 Å². The molecule has 1 heterocycles. The number of carbonyl (C=O) groups is 1. The number of carboxylic acid groups (broad SMARTS) is 1. The van der Waals surface area contributed by atoms with E-state index in [0.29, 0.717) is 12.8 Å². The Morgan fingerprint density at radius 1 is 1.43 bits per heavy atom. The SMILES string of the molecule is Cc1noc(C)c1S(=O)(=O)NC1(C(=O)O)CCCCC1C. The third-order valence-corrected chi connectivity index (χ3v) is 5.99. The van der Waals surface area contributed by atoms with Gasteiger partial charge in [0.25, 0.3) is 0 Å². The van der Waals surface area contributed by atoms with Crippen LogP contribution in [0.3, 0.4) is 0 Å². The summed E-state index contributed by atoms with van der Waals surface area (Å²) in [6.07, 6.45) is 2.55. The maximum atomic E-state index is 12.6. The molecule has 21 heavy (non-hydrogen) atoms. The fourth-order valence-electron chi connectivity index (χ4n) is 3.01. The molecule has 2 atom stereocenters. The van der Waals surface area contributed by atoms with Gasteiger partial charge in [0.05, 0.1) is 0 Å². The van der Waals surface area contributed by atoms with Crippen molar-refractivity contribution in [1.82, 2.24) is 9.88 Å². The van der Waals surface area contributed by atoms with Crippen LogP contribution in [-0.4, -0.2) is 30.2 Å². The molecule has 1 saturated carbocycles. The first-order chi connectivity index (χ1) is 9.70. The van der Waals surface area contributed by atoms with Gasteiger partial charge in [0, 0.05) is 0 Å². The number of sulfonamides is 1. The molecule has 0 aromatic carbocycles. The van der Waals surface area contributed by atoms with Crippen LogP contribution >= 0.6 is 0 Å². The molecule has 0 bridgehead atoms. The standard InChI is InChI=1S/C13H20N2O5S/c1-8-6-4-5-7-13(8,12(16)17)15-21(18,19)11-9(2)14-20-10(11)3/h8,15H,4-7H2,1-3H3,(H,16,17). The van der Waals surface area contributed by atoms with Crippen LogP contribution in [0.4, 0.5) is 0 Å². The van der Waals surface area contributed by atoms with E-state index in [0.717, 1.165) is 6.42 Å². The van der Waals surface area contributed by atoms with Gasteiger partial charge in [-0.1, -0.05) is 24.9 Å². The van der Waals surface area contributed by atoms with Gasteiger partial charge in [-0.05, 0) is 32.6 Å². The minimum Gasteiger partial charge on any atom is -0.480 e. The van der Waals surface area contributed by atoms with Crippen molar-refractivity contribution in [2.45, 2.75) is 56.9 Å². The lowest BCUT2D eigenvalue weighted by Crippen LogP contribution is -2.59. The van der Waals surface area contributed by atoms with Crippen LogP contribution in [-0.2, 0) is 14.8 Å². The molecule has 7 nitrogen and oxygen atoms in total. The lowest BCUT2D eigenvalue weighted by molar-refractivity contribution is -0.147. The summed E-state index contributed by atoms with van der Waals surface area (Å²) in [7, 11) is -4.00. The van der Waals surface area contributed by atoms with E-state index >= 15 is 0 Å². The van der Waals surface area contributed by atoms with Gasteiger partial charge in [-0.25, -0.2) is 8.42 Å². The summed E-state index contributed by atoms with van der Waals surface area (Å²) < 4.78 is 32.5. The van der Waals surface area contributed by atoms with Crippen molar-refractivity contribution in [3.8, 4) is 0 Å². The van der Waals surface area contributed by atoms with Crippen LogP contribution < -0.4 is 4.72 Å². The van der Waals surface area contributed by atoms with Crippen LogP contribution in [0.2, 0.25) is 0 Å². The van der Waals surface area contributed by atoms with E-state index in [1.54, 1.807) is 6.92 Å². The highest BCUT2D eigenvalue weighted by atomic mass is 32.2. The molecule has 1 aliphatic rings. The number of nitrogens with one attached hydrogen (secondary N) is 1. The van der Waals surface area contributed by atoms with E-state index < -0.39 is 21.5 Å². The molecule has 1 aliphatic carbocycles. The number of aromatic nitrogens is 1. The predicted molar refractivity (Wildman–Crippen MR) is 74.3 cm³/mol. The van der Waals surface area contributed by atoms with Gasteiger partial charge in [-0.15, -0.1) is 0 Å². The smallest absolute Gasteiger partial charge is 0.325 e. The molecule has 2 unspecified atom stereocenters. The summed E-state index contributed by atoms with van der Waals surface area (Å²) in [5.41, 5.74) is -1.24. The molecule has 0 aliphatic heterocycles. The minimum absolute atomic E-state index is 0.0686. The number of aliphatic carboxylic acids is 1. The second-order valence-electron chi connectivity index (χ2n) is 5.68. The summed E-state index contributed by atoms with van der Waals surface area (Å²) in [5.74, 6) is -1.26. The van der Waals surface area contributed by atoms with E-state index in [1.807, 2.05) is 0 Å². The van der Waals surface area contributed by atoms with Gasteiger partial charge in [-0.2, -0.15) is 4.72 Å². The summed E-state index contributed by atoms with van der Waals surface area (Å²) in [6, 6.07) is 0. The van der Waals surface area contributed by atoms with Crippen molar-refractivity contribution < 1.29 is 22.8 Å². The maximum absolute atomic E-state index is 12.6. The molecule has 0 radical (unpaired) electrons. The average molecular weight is 316 g/mol. The van der Waals surface area contributed by atoms with Gasteiger partial charge in [0.2, 0.25) is 10.0 Å². The zero-order valence-corrected chi connectivity index (χ0v) is 13.2. The average Bonchev–Trinajstić information content (AvgIpc) is 2.72. The van der Waals surface area contributed by atoms with Crippen molar-refractivity contribution in [2.24, 2.45) is 5.92 Å². The fraction of sp³-hybridized carbons (Fsp3) is 0.692. The Morgan fingerprint density at radius 2 is 2.10 bits per heavy atom. The quantitative estimate of drug-likeness (QED) is 0.873. The lowest BCUT2D eigenvalue weighted by atomic mass is 9.74. The number of hydrogen-bond acceptors (Lipinski definition) is 5. The summed E-state index contributed by atoms with van der Waals surface area (Å²) in [4.78, 5) is 11.7. The molecular formula is C13H20N2O5S. The van der Waals surface area contributed by atoms with Crippen LogP contribution in [0.25, 0.3) is 0 Å². The molecular weight excluding hydrogens is 296 g/mol. The molecule has 0 amide bonds. The van der Waals surface area contributed by atoms with Gasteiger partial charge >= 0.3 is 5.97 Å². The second-order valence-corrected chi connectivity index (χ2v) is 7.30. The Bertz CT molecular complexity index is 632. The zero-order valence-electron chi connectivity index (χ0n) is 12.3. The topological polar surface area (TPSA) is 110 Å². The van der Waals surface area contributed by atoms with Crippen LogP contribution in [0, 0.1) is 19.8 Å². The Hall–Kier alpha value is -1.41. The third kappa shape index (κ3) is 2.69. The van der Waals surface area contributed by atoms with Gasteiger partial charge in [0.15, 0.2) is 5.76 Å².